The molecular formula is C19H14N2O4S. The van der Waals surface area contributed by atoms with Crippen molar-refractivity contribution in [1.29, 1.82) is 0 Å². The number of Topliss-reactive ketones (excluding diaryl/α,β-unsaturated/α-hetero) is 1. The second kappa shape index (κ2) is 7.37. The number of carbonyl (C=O) groups is 3. The number of hydrogen-bond donors (Lipinski definition) is 2. The Bertz CT molecular complexity index is 945. The van der Waals surface area contributed by atoms with Gasteiger partial charge in [0.05, 0.1) is 16.2 Å². The number of carbonyl (C=O) groups excluding carboxylic acids is 2. The molecule has 130 valence electrons. The van der Waals surface area contributed by atoms with E-state index < -0.39 is 5.97 Å². The maximum absolute atomic E-state index is 12.1. The molecular weight excluding hydrogens is 352 g/mol. The lowest BCUT2D eigenvalue weighted by Crippen LogP contribution is -2.19. The van der Waals surface area contributed by atoms with Crippen molar-refractivity contribution in [2.45, 2.75) is 6.92 Å². The second-order valence-electron chi connectivity index (χ2n) is 5.51. The number of benzene rings is 2. The van der Waals surface area contributed by atoms with Gasteiger partial charge >= 0.3 is 5.97 Å². The zero-order valence-electron chi connectivity index (χ0n) is 13.7. The van der Waals surface area contributed by atoms with E-state index in [1.54, 1.807) is 42.5 Å². The molecule has 1 heterocycles. The van der Waals surface area contributed by atoms with Gasteiger partial charge in [-0.05, 0) is 66.7 Å². The molecule has 2 aromatic rings. The molecule has 2 N–H and O–H groups in total. The molecule has 1 fully saturated rings. The zero-order chi connectivity index (χ0) is 18.7. The Labute approximate surface area is 153 Å². The number of hydrogen-bond acceptors (Lipinski definition) is 5. The molecule has 1 aliphatic heterocycles. The maximum atomic E-state index is 12.1. The standard InChI is InChI=1S/C19H14N2O4S/c1-11(22)13-6-8-15(9-7-13)20-19-21-17(23)16(26-19)10-12-2-4-14(5-3-12)18(24)25/h2-10H,1H3,(H,24,25)(H,20,21,23)/b16-10+. The highest BCUT2D eigenvalue weighted by Crippen LogP contribution is 2.28. The van der Waals surface area contributed by atoms with Gasteiger partial charge in [0.2, 0.25) is 0 Å². The van der Waals surface area contributed by atoms with E-state index in [2.05, 4.69) is 10.3 Å². The number of carboxylic acids is 1. The van der Waals surface area contributed by atoms with Crippen molar-refractivity contribution in [3.05, 3.63) is 70.1 Å². The van der Waals surface area contributed by atoms with Crippen molar-refractivity contribution in [3.8, 4) is 0 Å². The van der Waals surface area contributed by atoms with E-state index in [0.29, 0.717) is 21.3 Å². The van der Waals surface area contributed by atoms with Gasteiger partial charge in [0.15, 0.2) is 11.0 Å². The van der Waals surface area contributed by atoms with Crippen LogP contribution >= 0.6 is 11.8 Å². The van der Waals surface area contributed by atoms with Crippen molar-refractivity contribution in [2.24, 2.45) is 4.99 Å². The molecule has 0 atom stereocenters. The Balaban J connectivity index is 1.77. The van der Waals surface area contributed by atoms with Crippen LogP contribution in [0.25, 0.3) is 6.08 Å². The molecule has 7 heteroatoms. The van der Waals surface area contributed by atoms with Crippen molar-refractivity contribution >= 4 is 46.4 Å². The van der Waals surface area contributed by atoms with Gasteiger partial charge in [0.25, 0.3) is 5.91 Å². The van der Waals surface area contributed by atoms with Crippen molar-refractivity contribution in [3.63, 3.8) is 0 Å². The molecule has 0 unspecified atom stereocenters. The Hall–Kier alpha value is -3.19. The SMILES string of the molecule is CC(=O)c1ccc(N=C2NC(=O)/C(=C\c3ccc(C(=O)O)cc3)S2)cc1. The maximum Gasteiger partial charge on any atom is 0.335 e. The number of aromatic carboxylic acids is 1. The fraction of sp³-hybridized carbons (Fsp3) is 0.0526. The van der Waals surface area contributed by atoms with E-state index in [9.17, 15) is 14.4 Å². The molecule has 1 saturated heterocycles. The second-order valence-corrected chi connectivity index (χ2v) is 6.54. The number of carboxylic acid groups (broad SMARTS) is 1. The summed E-state index contributed by atoms with van der Waals surface area (Å²) in [6.45, 7) is 1.49. The van der Waals surface area contributed by atoms with Crippen molar-refractivity contribution < 1.29 is 19.5 Å². The molecule has 1 aliphatic rings. The van der Waals surface area contributed by atoms with Crippen LogP contribution < -0.4 is 5.32 Å². The number of amidine groups is 1. The normalized spacial score (nSPS) is 16.7. The molecule has 0 aromatic heterocycles. The van der Waals surface area contributed by atoms with Gasteiger partial charge in [-0.2, -0.15) is 0 Å². The van der Waals surface area contributed by atoms with Gasteiger partial charge in [0.1, 0.15) is 0 Å². The van der Waals surface area contributed by atoms with Gasteiger partial charge < -0.3 is 10.4 Å². The Kier molecular flexibility index (Phi) is 4.99. The monoisotopic (exact) mass is 366 g/mol. The molecule has 3 rings (SSSR count). The van der Waals surface area contributed by atoms with E-state index in [-0.39, 0.29) is 17.3 Å². The number of amides is 1. The van der Waals surface area contributed by atoms with Gasteiger partial charge in [0, 0.05) is 5.56 Å². The van der Waals surface area contributed by atoms with Crippen molar-refractivity contribution in [2.75, 3.05) is 0 Å². The van der Waals surface area contributed by atoms with Crippen LogP contribution in [0.5, 0.6) is 0 Å². The van der Waals surface area contributed by atoms with Gasteiger partial charge in [-0.1, -0.05) is 12.1 Å². The summed E-state index contributed by atoms with van der Waals surface area (Å²) in [5.74, 6) is -1.29. The summed E-state index contributed by atoms with van der Waals surface area (Å²) < 4.78 is 0. The minimum Gasteiger partial charge on any atom is -0.478 e. The molecule has 1 amide bonds. The first-order valence-electron chi connectivity index (χ1n) is 7.66. The lowest BCUT2D eigenvalue weighted by molar-refractivity contribution is -0.115. The average Bonchev–Trinajstić information content (AvgIpc) is 2.95. The minimum absolute atomic E-state index is 0.0214. The Morgan fingerprint density at radius 1 is 1.04 bits per heavy atom. The molecule has 2 aromatic carbocycles. The fourth-order valence-corrected chi connectivity index (χ4v) is 3.08. The van der Waals surface area contributed by atoms with Gasteiger partial charge in [-0.3, -0.25) is 9.59 Å². The summed E-state index contributed by atoms with van der Waals surface area (Å²) in [5.41, 5.74) is 2.14. The van der Waals surface area contributed by atoms with Crippen molar-refractivity contribution in [1.82, 2.24) is 5.32 Å². The van der Waals surface area contributed by atoms with Crippen LogP contribution in [0.3, 0.4) is 0 Å². The third kappa shape index (κ3) is 4.07. The lowest BCUT2D eigenvalue weighted by atomic mass is 10.1. The van der Waals surface area contributed by atoms with Crippen LogP contribution in [0.1, 0.15) is 33.2 Å². The number of nitrogens with zero attached hydrogens (tertiary/aromatic N) is 1. The topological polar surface area (TPSA) is 95.8 Å². The van der Waals surface area contributed by atoms with E-state index in [4.69, 9.17) is 5.11 Å². The highest BCUT2D eigenvalue weighted by Gasteiger charge is 2.23. The summed E-state index contributed by atoms with van der Waals surface area (Å²) in [6.07, 6.45) is 1.67. The fourth-order valence-electron chi connectivity index (χ4n) is 2.24. The third-order valence-corrected chi connectivity index (χ3v) is 4.52. The summed E-state index contributed by atoms with van der Waals surface area (Å²) >= 11 is 1.20. The van der Waals surface area contributed by atoms with E-state index in [1.807, 2.05) is 0 Å². The van der Waals surface area contributed by atoms with Crippen LogP contribution in [-0.2, 0) is 4.79 Å². The summed E-state index contributed by atoms with van der Waals surface area (Å²) in [5, 5.41) is 12.0. The van der Waals surface area contributed by atoms with Crippen LogP contribution in [0.15, 0.2) is 58.4 Å². The molecule has 0 spiro atoms. The lowest BCUT2D eigenvalue weighted by Gasteiger charge is -1.98. The summed E-state index contributed by atoms with van der Waals surface area (Å²) in [6, 6.07) is 13.0. The van der Waals surface area contributed by atoms with Crippen LogP contribution in [-0.4, -0.2) is 27.9 Å². The zero-order valence-corrected chi connectivity index (χ0v) is 14.5. The molecule has 0 aliphatic carbocycles. The van der Waals surface area contributed by atoms with E-state index in [1.165, 1.54) is 30.8 Å². The molecule has 0 bridgehead atoms. The largest absolute Gasteiger partial charge is 0.478 e. The predicted octanol–water partition coefficient (Wildman–Crippen LogP) is 3.48. The molecule has 0 saturated carbocycles. The average molecular weight is 366 g/mol. The first kappa shape index (κ1) is 17.6. The number of thioether (sulfide) groups is 1. The van der Waals surface area contributed by atoms with Crippen LogP contribution in [0.2, 0.25) is 0 Å². The Morgan fingerprint density at radius 3 is 2.23 bits per heavy atom. The predicted molar refractivity (Wildman–Crippen MR) is 101 cm³/mol. The number of nitrogens with one attached hydrogen (secondary N) is 1. The molecule has 0 radical (unpaired) electrons. The smallest absolute Gasteiger partial charge is 0.335 e. The minimum atomic E-state index is -0.998. The quantitative estimate of drug-likeness (QED) is 0.638. The number of aliphatic imine (C=N–C) groups is 1. The van der Waals surface area contributed by atoms with Crippen LogP contribution in [0, 0.1) is 0 Å². The molecule has 6 nitrogen and oxygen atoms in total. The molecule has 26 heavy (non-hydrogen) atoms. The van der Waals surface area contributed by atoms with E-state index >= 15 is 0 Å². The van der Waals surface area contributed by atoms with Gasteiger partial charge in [-0.15, -0.1) is 0 Å². The third-order valence-electron chi connectivity index (χ3n) is 3.61. The number of rotatable bonds is 4. The summed E-state index contributed by atoms with van der Waals surface area (Å²) in [4.78, 5) is 39.0. The highest BCUT2D eigenvalue weighted by molar-refractivity contribution is 8.18. The number of ketones is 1. The Morgan fingerprint density at radius 2 is 1.65 bits per heavy atom. The van der Waals surface area contributed by atoms with E-state index in [0.717, 1.165) is 5.56 Å². The highest BCUT2D eigenvalue weighted by atomic mass is 32.2. The first-order valence-corrected chi connectivity index (χ1v) is 8.48. The van der Waals surface area contributed by atoms with Crippen LogP contribution in [0.4, 0.5) is 5.69 Å². The van der Waals surface area contributed by atoms with Gasteiger partial charge in [-0.25, -0.2) is 9.79 Å². The first-order chi connectivity index (χ1) is 12.4. The summed E-state index contributed by atoms with van der Waals surface area (Å²) in [7, 11) is 0.